The summed E-state index contributed by atoms with van der Waals surface area (Å²) in [5.74, 6) is 0.703. The molecule has 0 spiro atoms. The van der Waals surface area contributed by atoms with Crippen LogP contribution in [0.5, 0.6) is 0 Å². The Labute approximate surface area is 165 Å². The van der Waals surface area contributed by atoms with E-state index >= 15 is 0 Å². The number of carbonyl (C=O) groups is 1. The molecule has 1 atom stereocenters. The average molecular weight is 367 g/mol. The third-order valence-corrected chi connectivity index (χ3v) is 5.65. The van der Waals surface area contributed by atoms with Crippen molar-refractivity contribution in [2.75, 3.05) is 33.1 Å². The Morgan fingerprint density at radius 3 is 1.89 bits per heavy atom. The Balaban J connectivity index is 2.35. The van der Waals surface area contributed by atoms with E-state index in [0.717, 1.165) is 17.7 Å². The molecule has 0 aliphatic rings. The first-order chi connectivity index (χ1) is 12.7. The van der Waals surface area contributed by atoms with Gasteiger partial charge in [0, 0.05) is 25.3 Å². The van der Waals surface area contributed by atoms with Crippen molar-refractivity contribution in [3.05, 3.63) is 65.2 Å². The lowest BCUT2D eigenvalue weighted by Gasteiger charge is -2.38. The number of anilines is 1. The summed E-state index contributed by atoms with van der Waals surface area (Å²) in [7, 11) is 8.04. The van der Waals surface area contributed by atoms with E-state index in [1.807, 2.05) is 57.4 Å². The maximum atomic E-state index is 13.5. The van der Waals surface area contributed by atoms with Crippen LogP contribution in [0, 0.1) is 0 Å². The zero-order chi connectivity index (χ0) is 20.2. The number of likely N-dealkylation sites (N-methyl/N-ethyl adjacent to an activating group) is 1. The van der Waals surface area contributed by atoms with Gasteiger partial charge in [0.05, 0.1) is 5.54 Å². The maximum absolute atomic E-state index is 13.5. The Morgan fingerprint density at radius 1 is 0.926 bits per heavy atom. The quantitative estimate of drug-likeness (QED) is 0.614. The minimum absolute atomic E-state index is 0.188. The molecule has 0 N–H and O–H groups in total. The lowest BCUT2D eigenvalue weighted by Crippen LogP contribution is -2.52. The molecule has 0 saturated carbocycles. The van der Waals surface area contributed by atoms with Gasteiger partial charge in [0.2, 0.25) is 0 Å². The van der Waals surface area contributed by atoms with Crippen LogP contribution in [0.1, 0.15) is 54.6 Å². The third-order valence-electron chi connectivity index (χ3n) is 5.65. The monoisotopic (exact) mass is 366 g/mol. The molecule has 0 saturated heterocycles. The van der Waals surface area contributed by atoms with E-state index in [4.69, 9.17) is 0 Å². The Bertz CT molecular complexity index is 745. The van der Waals surface area contributed by atoms with E-state index in [-0.39, 0.29) is 5.78 Å². The summed E-state index contributed by atoms with van der Waals surface area (Å²) in [6, 6.07) is 16.7. The van der Waals surface area contributed by atoms with Crippen molar-refractivity contribution in [3.63, 3.8) is 0 Å². The number of hydrogen-bond donors (Lipinski definition) is 0. The highest BCUT2D eigenvalue weighted by molar-refractivity contribution is 6.03. The number of Topliss-reactive ketones (excluding diaryl/α,β-unsaturated/α-hetero) is 1. The molecule has 0 aliphatic heterocycles. The molecule has 2 aromatic rings. The summed E-state index contributed by atoms with van der Waals surface area (Å²) in [5.41, 5.74) is 3.86. The second-order valence-corrected chi connectivity index (χ2v) is 8.12. The molecule has 3 heteroatoms. The van der Waals surface area contributed by atoms with Crippen LogP contribution in [0.15, 0.2) is 48.5 Å². The van der Waals surface area contributed by atoms with Gasteiger partial charge in [0.25, 0.3) is 0 Å². The Hall–Kier alpha value is -2.13. The van der Waals surface area contributed by atoms with Crippen molar-refractivity contribution >= 4 is 11.5 Å². The number of carbonyl (C=O) groups excluding carboxylic acids is 1. The van der Waals surface area contributed by atoms with E-state index in [1.165, 1.54) is 11.1 Å². The number of ketones is 1. The molecule has 27 heavy (non-hydrogen) atoms. The van der Waals surface area contributed by atoms with E-state index < -0.39 is 5.54 Å². The standard InChI is InChI=1S/C24H34N2O/c1-8-24(26(6)7,17-19-9-11-20(12-10-19)18(2)3)23(27)21-13-15-22(16-14-21)25(4)5/h9-16,18H,8,17H2,1-7H3. The summed E-state index contributed by atoms with van der Waals surface area (Å²) in [6.45, 7) is 6.51. The van der Waals surface area contributed by atoms with Crippen LogP contribution >= 0.6 is 0 Å². The van der Waals surface area contributed by atoms with Gasteiger partial charge in [-0.25, -0.2) is 0 Å². The lowest BCUT2D eigenvalue weighted by atomic mass is 9.80. The smallest absolute Gasteiger partial charge is 0.183 e. The summed E-state index contributed by atoms with van der Waals surface area (Å²) in [4.78, 5) is 17.7. The highest BCUT2D eigenvalue weighted by Crippen LogP contribution is 2.29. The van der Waals surface area contributed by atoms with Gasteiger partial charge in [-0.1, -0.05) is 45.0 Å². The van der Waals surface area contributed by atoms with Crippen molar-refractivity contribution in [3.8, 4) is 0 Å². The van der Waals surface area contributed by atoms with E-state index in [1.54, 1.807) is 0 Å². The van der Waals surface area contributed by atoms with Gasteiger partial charge in [0.15, 0.2) is 5.78 Å². The fourth-order valence-corrected chi connectivity index (χ4v) is 3.58. The van der Waals surface area contributed by atoms with Crippen LogP contribution in [0.25, 0.3) is 0 Å². The fourth-order valence-electron chi connectivity index (χ4n) is 3.58. The van der Waals surface area contributed by atoms with Gasteiger partial charge in [-0.2, -0.15) is 0 Å². The number of rotatable bonds is 8. The largest absolute Gasteiger partial charge is 0.378 e. The molecule has 0 aliphatic carbocycles. The van der Waals surface area contributed by atoms with Crippen molar-refractivity contribution in [1.29, 1.82) is 0 Å². The number of nitrogens with zero attached hydrogens (tertiary/aromatic N) is 2. The molecule has 2 aromatic carbocycles. The molecular formula is C24H34N2O. The Kier molecular flexibility index (Phi) is 6.83. The SMILES string of the molecule is CCC(Cc1ccc(C(C)C)cc1)(C(=O)c1ccc(N(C)C)cc1)N(C)C. The predicted octanol–water partition coefficient (Wildman–Crippen LogP) is 5.01. The molecule has 3 nitrogen and oxygen atoms in total. The Morgan fingerprint density at radius 2 is 1.48 bits per heavy atom. The maximum Gasteiger partial charge on any atom is 0.183 e. The van der Waals surface area contributed by atoms with E-state index in [0.29, 0.717) is 12.3 Å². The number of benzene rings is 2. The summed E-state index contributed by atoms with van der Waals surface area (Å²) in [6.07, 6.45) is 1.48. The third kappa shape index (κ3) is 4.59. The van der Waals surface area contributed by atoms with Gasteiger partial charge in [-0.3, -0.25) is 9.69 Å². The first kappa shape index (κ1) is 21.2. The van der Waals surface area contributed by atoms with E-state index in [9.17, 15) is 4.79 Å². The highest BCUT2D eigenvalue weighted by Gasteiger charge is 2.39. The normalized spacial score (nSPS) is 13.7. The zero-order valence-corrected chi connectivity index (χ0v) is 17.9. The minimum Gasteiger partial charge on any atom is -0.378 e. The van der Waals surface area contributed by atoms with Crippen LogP contribution < -0.4 is 4.90 Å². The van der Waals surface area contributed by atoms with Crippen molar-refractivity contribution in [2.24, 2.45) is 0 Å². The van der Waals surface area contributed by atoms with Crippen LogP contribution in [0.4, 0.5) is 5.69 Å². The van der Waals surface area contributed by atoms with Gasteiger partial charge >= 0.3 is 0 Å². The van der Waals surface area contributed by atoms with Gasteiger partial charge in [-0.15, -0.1) is 0 Å². The highest BCUT2D eigenvalue weighted by atomic mass is 16.1. The molecule has 2 rings (SSSR count). The van der Waals surface area contributed by atoms with Crippen molar-refractivity contribution < 1.29 is 4.79 Å². The topological polar surface area (TPSA) is 23.6 Å². The van der Waals surface area contributed by atoms with Crippen LogP contribution in [0.2, 0.25) is 0 Å². The van der Waals surface area contributed by atoms with Gasteiger partial charge < -0.3 is 4.90 Å². The molecule has 0 heterocycles. The number of hydrogen-bond acceptors (Lipinski definition) is 3. The van der Waals surface area contributed by atoms with Crippen LogP contribution in [0.3, 0.4) is 0 Å². The van der Waals surface area contributed by atoms with Crippen LogP contribution in [-0.2, 0) is 6.42 Å². The molecule has 0 radical (unpaired) electrons. The summed E-state index contributed by atoms with van der Waals surface area (Å²) >= 11 is 0. The molecule has 0 fully saturated rings. The molecular weight excluding hydrogens is 332 g/mol. The molecule has 1 unspecified atom stereocenters. The molecule has 0 aromatic heterocycles. The summed E-state index contributed by atoms with van der Waals surface area (Å²) in [5, 5.41) is 0. The van der Waals surface area contributed by atoms with Gasteiger partial charge in [-0.05, 0) is 68.2 Å². The summed E-state index contributed by atoms with van der Waals surface area (Å²) < 4.78 is 0. The predicted molar refractivity (Wildman–Crippen MR) is 116 cm³/mol. The van der Waals surface area contributed by atoms with E-state index in [2.05, 4.69) is 49.9 Å². The van der Waals surface area contributed by atoms with Gasteiger partial charge in [0.1, 0.15) is 0 Å². The van der Waals surface area contributed by atoms with Crippen LogP contribution in [-0.4, -0.2) is 44.4 Å². The average Bonchev–Trinajstić information content (AvgIpc) is 2.65. The second kappa shape index (κ2) is 8.71. The van der Waals surface area contributed by atoms with Crippen molar-refractivity contribution in [2.45, 2.75) is 45.1 Å². The minimum atomic E-state index is -0.543. The molecule has 146 valence electrons. The zero-order valence-electron chi connectivity index (χ0n) is 17.9. The lowest BCUT2D eigenvalue weighted by molar-refractivity contribution is 0.0666. The molecule has 0 amide bonds. The first-order valence-corrected chi connectivity index (χ1v) is 9.79. The second-order valence-electron chi connectivity index (χ2n) is 8.12. The first-order valence-electron chi connectivity index (χ1n) is 9.79. The fraction of sp³-hybridized carbons (Fsp3) is 0.458. The molecule has 0 bridgehead atoms. The van der Waals surface area contributed by atoms with Crippen molar-refractivity contribution in [1.82, 2.24) is 4.90 Å².